The predicted molar refractivity (Wildman–Crippen MR) is 104 cm³/mol. The number of hydrogen-bond donors (Lipinski definition) is 0. The van der Waals surface area contributed by atoms with Crippen LogP contribution in [0, 0.1) is 0 Å². The Hall–Kier alpha value is -2.73. The van der Waals surface area contributed by atoms with Crippen LogP contribution in [-0.2, 0) is 11.2 Å². The number of fused-ring (bicyclic) bond motifs is 1. The minimum Gasteiger partial charge on any atom is -0.342 e. The molecular weight excluding hydrogens is 376 g/mol. The van der Waals surface area contributed by atoms with Crippen LogP contribution in [0.3, 0.4) is 0 Å². The Labute approximate surface area is 167 Å². The van der Waals surface area contributed by atoms with Gasteiger partial charge in [-0.3, -0.25) is 9.78 Å². The lowest BCUT2D eigenvalue weighted by Crippen LogP contribution is -2.43. The number of rotatable bonds is 3. The molecule has 7 heteroatoms. The maximum absolute atomic E-state index is 12.9. The summed E-state index contributed by atoms with van der Waals surface area (Å²) < 4.78 is 5.47. The standard InChI is InChI=1S/C21H19ClN4O2/c22-15-5-4-14-11-17(16(14)12-15)21(27)26-9-6-13(7-10-26)20-24-19(25-28-20)18-3-1-2-8-23-18/h1-5,8,12-13,17H,6-7,9-11H2. The third-order valence-corrected chi connectivity index (χ3v) is 5.93. The molecule has 2 aliphatic rings. The maximum atomic E-state index is 12.9. The summed E-state index contributed by atoms with van der Waals surface area (Å²) in [5.41, 5.74) is 3.01. The molecule has 142 valence electrons. The van der Waals surface area contributed by atoms with E-state index >= 15 is 0 Å². The van der Waals surface area contributed by atoms with Crippen LogP contribution < -0.4 is 0 Å². The molecule has 1 aliphatic heterocycles. The van der Waals surface area contributed by atoms with Crippen molar-refractivity contribution in [2.75, 3.05) is 13.1 Å². The molecule has 0 bridgehead atoms. The minimum absolute atomic E-state index is 0.0515. The number of carbonyl (C=O) groups excluding carboxylic acids is 1. The molecule has 1 fully saturated rings. The Kier molecular flexibility index (Phi) is 4.36. The monoisotopic (exact) mass is 394 g/mol. The van der Waals surface area contributed by atoms with E-state index in [0.717, 1.165) is 24.8 Å². The van der Waals surface area contributed by atoms with Gasteiger partial charge in [-0.05, 0) is 54.7 Å². The van der Waals surface area contributed by atoms with Crippen LogP contribution in [0.5, 0.6) is 0 Å². The summed E-state index contributed by atoms with van der Waals surface area (Å²) in [7, 11) is 0. The van der Waals surface area contributed by atoms with Gasteiger partial charge in [-0.2, -0.15) is 4.98 Å². The zero-order valence-corrected chi connectivity index (χ0v) is 16.0. The fourth-order valence-electron chi connectivity index (χ4n) is 4.06. The van der Waals surface area contributed by atoms with Crippen molar-refractivity contribution < 1.29 is 9.32 Å². The summed E-state index contributed by atoms with van der Waals surface area (Å²) in [4.78, 5) is 23.6. The van der Waals surface area contributed by atoms with Crippen LogP contribution >= 0.6 is 11.6 Å². The SMILES string of the molecule is O=C(C1Cc2ccc(Cl)cc21)N1CCC(c2nc(-c3ccccn3)no2)CC1. The highest BCUT2D eigenvalue weighted by molar-refractivity contribution is 6.30. The van der Waals surface area contributed by atoms with Gasteiger partial charge in [-0.15, -0.1) is 0 Å². The number of benzene rings is 1. The Morgan fingerprint density at radius 1 is 1.18 bits per heavy atom. The number of hydrogen-bond acceptors (Lipinski definition) is 5. The van der Waals surface area contributed by atoms with E-state index in [1.165, 1.54) is 5.56 Å². The molecule has 1 atom stereocenters. The van der Waals surface area contributed by atoms with Crippen molar-refractivity contribution in [1.82, 2.24) is 20.0 Å². The van der Waals surface area contributed by atoms with Crippen LogP contribution in [0.1, 0.15) is 41.7 Å². The Morgan fingerprint density at radius 3 is 2.82 bits per heavy atom. The average Bonchev–Trinajstić information content (AvgIpc) is 3.21. The number of aromatic nitrogens is 3. The molecule has 1 aromatic carbocycles. The van der Waals surface area contributed by atoms with Gasteiger partial charge < -0.3 is 9.42 Å². The van der Waals surface area contributed by atoms with E-state index in [1.807, 2.05) is 41.3 Å². The quantitative estimate of drug-likeness (QED) is 0.675. The normalized spacial score (nSPS) is 19.2. The Balaban J connectivity index is 1.22. The predicted octanol–water partition coefficient (Wildman–Crippen LogP) is 3.83. The summed E-state index contributed by atoms with van der Waals surface area (Å²) in [6.07, 6.45) is 4.17. The van der Waals surface area contributed by atoms with Gasteiger partial charge in [0.1, 0.15) is 5.69 Å². The van der Waals surface area contributed by atoms with Crippen LogP contribution in [-0.4, -0.2) is 39.0 Å². The first-order valence-electron chi connectivity index (χ1n) is 9.51. The van der Waals surface area contributed by atoms with Crippen molar-refractivity contribution in [3.8, 4) is 11.5 Å². The van der Waals surface area contributed by atoms with Crippen molar-refractivity contribution in [1.29, 1.82) is 0 Å². The molecule has 0 radical (unpaired) electrons. The number of nitrogens with zero attached hydrogens (tertiary/aromatic N) is 4. The van der Waals surface area contributed by atoms with Gasteiger partial charge >= 0.3 is 0 Å². The number of likely N-dealkylation sites (tertiary alicyclic amines) is 1. The van der Waals surface area contributed by atoms with E-state index in [2.05, 4.69) is 15.1 Å². The molecule has 5 rings (SSSR count). The minimum atomic E-state index is -0.0515. The fourth-order valence-corrected chi connectivity index (χ4v) is 4.24. The highest BCUT2D eigenvalue weighted by Gasteiger charge is 2.37. The van der Waals surface area contributed by atoms with E-state index in [-0.39, 0.29) is 17.7 Å². The largest absolute Gasteiger partial charge is 0.342 e. The molecule has 0 spiro atoms. The first-order valence-corrected chi connectivity index (χ1v) is 9.89. The lowest BCUT2D eigenvalue weighted by molar-refractivity contribution is -0.134. The zero-order valence-electron chi connectivity index (χ0n) is 15.2. The summed E-state index contributed by atoms with van der Waals surface area (Å²) in [6, 6.07) is 11.4. The molecule has 3 aromatic rings. The van der Waals surface area contributed by atoms with Crippen LogP contribution in [0.2, 0.25) is 5.02 Å². The van der Waals surface area contributed by atoms with Crippen molar-refractivity contribution >= 4 is 17.5 Å². The molecule has 1 aliphatic carbocycles. The molecule has 28 heavy (non-hydrogen) atoms. The van der Waals surface area contributed by atoms with Crippen molar-refractivity contribution in [2.24, 2.45) is 0 Å². The fraction of sp³-hybridized carbons (Fsp3) is 0.333. The third kappa shape index (κ3) is 3.07. The molecule has 0 N–H and O–H groups in total. The molecule has 2 aromatic heterocycles. The zero-order chi connectivity index (χ0) is 19.1. The summed E-state index contributed by atoms with van der Waals surface area (Å²) in [5.74, 6) is 1.47. The van der Waals surface area contributed by atoms with E-state index in [1.54, 1.807) is 6.20 Å². The maximum Gasteiger partial charge on any atom is 0.230 e. The number of halogens is 1. The molecule has 3 heterocycles. The van der Waals surface area contributed by atoms with E-state index in [0.29, 0.717) is 35.5 Å². The second kappa shape index (κ2) is 7.02. The van der Waals surface area contributed by atoms with Crippen molar-refractivity contribution in [2.45, 2.75) is 31.1 Å². The Morgan fingerprint density at radius 2 is 2.04 bits per heavy atom. The first kappa shape index (κ1) is 17.4. The molecule has 1 amide bonds. The molecule has 6 nitrogen and oxygen atoms in total. The van der Waals surface area contributed by atoms with Crippen molar-refractivity contribution in [3.05, 3.63) is 64.6 Å². The third-order valence-electron chi connectivity index (χ3n) is 5.70. The highest BCUT2D eigenvalue weighted by Crippen LogP contribution is 2.39. The van der Waals surface area contributed by atoms with Gasteiger partial charge in [0.2, 0.25) is 17.6 Å². The summed E-state index contributed by atoms with van der Waals surface area (Å²) in [5, 5.41) is 4.75. The summed E-state index contributed by atoms with van der Waals surface area (Å²) >= 11 is 6.09. The highest BCUT2D eigenvalue weighted by atomic mass is 35.5. The van der Waals surface area contributed by atoms with Gasteiger partial charge in [0.25, 0.3) is 0 Å². The number of carbonyl (C=O) groups is 1. The second-order valence-electron chi connectivity index (χ2n) is 7.37. The second-order valence-corrected chi connectivity index (χ2v) is 7.81. The molecule has 0 saturated carbocycles. The Bertz CT molecular complexity index is 1010. The first-order chi connectivity index (χ1) is 13.7. The van der Waals surface area contributed by atoms with Crippen LogP contribution in [0.4, 0.5) is 0 Å². The average molecular weight is 395 g/mol. The van der Waals surface area contributed by atoms with Gasteiger partial charge in [0.05, 0.1) is 5.92 Å². The lowest BCUT2D eigenvalue weighted by Gasteiger charge is -2.37. The molecule has 1 saturated heterocycles. The number of piperidine rings is 1. The number of pyridine rings is 1. The van der Waals surface area contributed by atoms with E-state index in [9.17, 15) is 4.79 Å². The summed E-state index contributed by atoms with van der Waals surface area (Å²) in [6.45, 7) is 1.41. The topological polar surface area (TPSA) is 72.1 Å². The lowest BCUT2D eigenvalue weighted by atomic mass is 9.76. The van der Waals surface area contributed by atoms with Gasteiger partial charge in [-0.1, -0.05) is 28.9 Å². The molecule has 1 unspecified atom stereocenters. The number of amides is 1. The van der Waals surface area contributed by atoms with Crippen molar-refractivity contribution in [3.63, 3.8) is 0 Å². The van der Waals surface area contributed by atoms with E-state index < -0.39 is 0 Å². The van der Waals surface area contributed by atoms with E-state index in [4.69, 9.17) is 16.1 Å². The smallest absolute Gasteiger partial charge is 0.230 e. The molecular formula is C21H19ClN4O2. The van der Waals surface area contributed by atoms with Gasteiger partial charge in [0.15, 0.2) is 0 Å². The van der Waals surface area contributed by atoms with Crippen LogP contribution in [0.25, 0.3) is 11.5 Å². The van der Waals surface area contributed by atoms with Crippen LogP contribution in [0.15, 0.2) is 47.1 Å². The van der Waals surface area contributed by atoms with Gasteiger partial charge in [0, 0.05) is 30.2 Å². The van der Waals surface area contributed by atoms with Gasteiger partial charge in [-0.25, -0.2) is 0 Å².